The zero-order valence-electron chi connectivity index (χ0n) is 15.2. The average molecular weight is 382 g/mol. The van der Waals surface area contributed by atoms with E-state index in [0.29, 0.717) is 22.3 Å². The molecule has 28 heavy (non-hydrogen) atoms. The van der Waals surface area contributed by atoms with E-state index in [9.17, 15) is 19.5 Å². The van der Waals surface area contributed by atoms with E-state index in [1.807, 2.05) is 0 Å². The zero-order chi connectivity index (χ0) is 20.1. The first-order valence-corrected chi connectivity index (χ1v) is 8.74. The van der Waals surface area contributed by atoms with Crippen molar-refractivity contribution in [3.8, 4) is 11.5 Å². The summed E-state index contributed by atoms with van der Waals surface area (Å²) < 4.78 is 16.1. The molecular weight excluding hydrogens is 364 g/mol. The molecule has 0 atom stereocenters. The highest BCUT2D eigenvalue weighted by Gasteiger charge is 2.16. The second-order valence-corrected chi connectivity index (χ2v) is 5.97. The molecule has 0 unspecified atom stereocenters. The Balaban J connectivity index is 2.06. The molecule has 0 saturated heterocycles. The Bertz CT molecular complexity index is 1140. The Morgan fingerprint density at radius 3 is 2.82 bits per heavy atom. The van der Waals surface area contributed by atoms with Gasteiger partial charge in [-0.1, -0.05) is 0 Å². The largest absolute Gasteiger partial charge is 0.508 e. The number of hydrogen-bond donors (Lipinski definition) is 1. The lowest BCUT2D eigenvalue weighted by Gasteiger charge is -2.10. The van der Waals surface area contributed by atoms with Crippen LogP contribution in [0, 0.1) is 0 Å². The van der Waals surface area contributed by atoms with E-state index in [2.05, 4.69) is 0 Å². The molecule has 0 fully saturated rings. The van der Waals surface area contributed by atoms with Gasteiger partial charge in [0.25, 0.3) is 0 Å². The van der Waals surface area contributed by atoms with Crippen LogP contribution in [0.2, 0.25) is 0 Å². The minimum absolute atomic E-state index is 0.0415. The van der Waals surface area contributed by atoms with E-state index in [-0.39, 0.29) is 48.2 Å². The monoisotopic (exact) mass is 382 g/mol. The third kappa shape index (κ3) is 3.89. The SMILES string of the molecule is CCOC(=O)CCc1c(O)ccc2c(=O)c3cc(OCC=C=O)ccc3oc12. The molecule has 0 aliphatic carbocycles. The Morgan fingerprint density at radius 1 is 1.25 bits per heavy atom. The molecule has 7 nitrogen and oxygen atoms in total. The predicted octanol–water partition coefficient (Wildman–Crippen LogP) is 2.91. The number of benzene rings is 2. The number of carbonyl (C=O) groups excluding carboxylic acids is 2. The molecule has 7 heteroatoms. The summed E-state index contributed by atoms with van der Waals surface area (Å²) in [6.45, 7) is 2.03. The lowest BCUT2D eigenvalue weighted by atomic mass is 10.0. The van der Waals surface area contributed by atoms with Gasteiger partial charge >= 0.3 is 5.97 Å². The van der Waals surface area contributed by atoms with E-state index in [4.69, 9.17) is 13.9 Å². The fourth-order valence-corrected chi connectivity index (χ4v) is 2.91. The summed E-state index contributed by atoms with van der Waals surface area (Å²) in [5, 5.41) is 10.8. The first kappa shape index (κ1) is 19.2. The molecule has 1 aromatic heterocycles. The van der Waals surface area contributed by atoms with Crippen LogP contribution in [0.15, 0.2) is 45.6 Å². The van der Waals surface area contributed by atoms with Crippen molar-refractivity contribution in [3.05, 3.63) is 52.2 Å². The summed E-state index contributed by atoms with van der Waals surface area (Å²) in [5.41, 5.74) is 0.643. The van der Waals surface area contributed by atoms with E-state index in [1.54, 1.807) is 25.0 Å². The van der Waals surface area contributed by atoms with Crippen LogP contribution in [-0.2, 0) is 20.7 Å². The third-order valence-corrected chi connectivity index (χ3v) is 4.19. The molecule has 0 bridgehead atoms. The van der Waals surface area contributed by atoms with Gasteiger partial charge in [-0.3, -0.25) is 9.59 Å². The fraction of sp³-hybridized carbons (Fsp3) is 0.238. The van der Waals surface area contributed by atoms with Gasteiger partial charge < -0.3 is 19.0 Å². The van der Waals surface area contributed by atoms with Gasteiger partial charge in [0.15, 0.2) is 0 Å². The molecule has 3 aromatic rings. The summed E-state index contributed by atoms with van der Waals surface area (Å²) >= 11 is 0. The molecule has 2 aromatic carbocycles. The number of phenolic OH excluding ortho intramolecular Hbond substituents is 1. The fourth-order valence-electron chi connectivity index (χ4n) is 2.91. The number of fused-ring (bicyclic) bond motifs is 2. The smallest absolute Gasteiger partial charge is 0.306 e. The Kier molecular flexibility index (Phi) is 5.77. The quantitative estimate of drug-likeness (QED) is 0.381. The van der Waals surface area contributed by atoms with Gasteiger partial charge in [-0.15, -0.1) is 0 Å². The molecule has 0 saturated carbocycles. The van der Waals surface area contributed by atoms with Gasteiger partial charge in [-0.05, 0) is 43.7 Å². The normalized spacial score (nSPS) is 10.6. The lowest BCUT2D eigenvalue weighted by molar-refractivity contribution is -0.143. The average Bonchev–Trinajstić information content (AvgIpc) is 2.68. The van der Waals surface area contributed by atoms with Gasteiger partial charge in [-0.2, -0.15) is 0 Å². The topological polar surface area (TPSA) is 103 Å². The van der Waals surface area contributed by atoms with Crippen LogP contribution in [-0.4, -0.2) is 30.2 Å². The summed E-state index contributed by atoms with van der Waals surface area (Å²) in [7, 11) is 0. The number of ether oxygens (including phenoxy) is 2. The van der Waals surface area contributed by atoms with Crippen molar-refractivity contribution in [2.75, 3.05) is 13.2 Å². The molecule has 1 heterocycles. The van der Waals surface area contributed by atoms with Crippen LogP contribution in [0.3, 0.4) is 0 Å². The van der Waals surface area contributed by atoms with Crippen molar-refractivity contribution in [3.63, 3.8) is 0 Å². The summed E-state index contributed by atoms with van der Waals surface area (Å²) in [6.07, 6.45) is 1.42. The number of rotatable bonds is 7. The van der Waals surface area contributed by atoms with Gasteiger partial charge in [0.2, 0.25) is 5.43 Å². The van der Waals surface area contributed by atoms with Crippen LogP contribution in [0.4, 0.5) is 0 Å². The number of aryl methyl sites for hydroxylation is 1. The highest BCUT2D eigenvalue weighted by Crippen LogP contribution is 2.30. The highest BCUT2D eigenvalue weighted by atomic mass is 16.5. The van der Waals surface area contributed by atoms with Crippen LogP contribution < -0.4 is 10.2 Å². The second kappa shape index (κ2) is 8.41. The lowest BCUT2D eigenvalue weighted by Crippen LogP contribution is -2.07. The maximum Gasteiger partial charge on any atom is 0.306 e. The van der Waals surface area contributed by atoms with Crippen molar-refractivity contribution < 1.29 is 28.6 Å². The van der Waals surface area contributed by atoms with Gasteiger partial charge in [0.05, 0.1) is 17.4 Å². The summed E-state index contributed by atoms with van der Waals surface area (Å²) in [5.74, 6) is 1.57. The third-order valence-electron chi connectivity index (χ3n) is 4.19. The zero-order valence-corrected chi connectivity index (χ0v) is 15.2. The molecular formula is C21H18O7. The summed E-state index contributed by atoms with van der Waals surface area (Å²) in [6, 6.07) is 7.60. The highest BCUT2D eigenvalue weighted by molar-refractivity contribution is 5.92. The number of aromatic hydroxyl groups is 1. The molecule has 0 spiro atoms. The minimum Gasteiger partial charge on any atom is -0.508 e. The van der Waals surface area contributed by atoms with Crippen LogP contribution in [0.1, 0.15) is 18.9 Å². The van der Waals surface area contributed by atoms with Crippen LogP contribution in [0.25, 0.3) is 21.9 Å². The van der Waals surface area contributed by atoms with Gasteiger partial charge in [0.1, 0.15) is 35.2 Å². The predicted molar refractivity (Wildman–Crippen MR) is 102 cm³/mol. The maximum absolute atomic E-state index is 12.9. The molecule has 0 aliphatic heterocycles. The molecule has 0 radical (unpaired) electrons. The summed E-state index contributed by atoms with van der Waals surface area (Å²) in [4.78, 5) is 34.8. The van der Waals surface area contributed by atoms with Crippen molar-refractivity contribution in [1.29, 1.82) is 0 Å². The number of carbonyl (C=O) groups is 1. The van der Waals surface area contributed by atoms with Crippen LogP contribution >= 0.6 is 0 Å². The molecule has 0 amide bonds. The first-order chi connectivity index (χ1) is 13.5. The number of hydrogen-bond acceptors (Lipinski definition) is 7. The van der Waals surface area contributed by atoms with E-state index < -0.39 is 5.97 Å². The number of esters is 1. The van der Waals surface area contributed by atoms with Crippen molar-refractivity contribution >= 4 is 33.8 Å². The first-order valence-electron chi connectivity index (χ1n) is 8.74. The number of phenols is 1. The van der Waals surface area contributed by atoms with E-state index in [1.165, 1.54) is 24.3 Å². The maximum atomic E-state index is 12.9. The van der Waals surface area contributed by atoms with Crippen molar-refractivity contribution in [2.24, 2.45) is 0 Å². The van der Waals surface area contributed by atoms with Gasteiger partial charge in [-0.25, -0.2) is 4.79 Å². The minimum atomic E-state index is -0.395. The van der Waals surface area contributed by atoms with E-state index >= 15 is 0 Å². The molecule has 1 N–H and O–H groups in total. The standard InChI is InChI=1S/C21H18O7/c1-2-26-19(24)9-6-14-17(23)7-5-15-20(25)16-12-13(27-11-3-10-22)4-8-18(16)28-21(14)15/h3-5,7-8,12,23H,2,6,9,11H2,1H3. The van der Waals surface area contributed by atoms with E-state index in [0.717, 1.165) is 0 Å². The molecule has 144 valence electrons. The molecule has 3 rings (SSSR count). The second-order valence-electron chi connectivity index (χ2n) is 5.97. The van der Waals surface area contributed by atoms with Crippen molar-refractivity contribution in [1.82, 2.24) is 0 Å². The Hall–Kier alpha value is -3.57. The Morgan fingerprint density at radius 2 is 2.07 bits per heavy atom. The van der Waals surface area contributed by atoms with Gasteiger partial charge in [0, 0.05) is 18.1 Å². The van der Waals surface area contributed by atoms with Crippen LogP contribution in [0.5, 0.6) is 11.5 Å². The Labute approximate surface area is 159 Å². The van der Waals surface area contributed by atoms with Crippen molar-refractivity contribution in [2.45, 2.75) is 19.8 Å². The molecule has 0 aliphatic rings.